The van der Waals surface area contributed by atoms with Crippen LogP contribution in [0.25, 0.3) is 27.6 Å². The van der Waals surface area contributed by atoms with Gasteiger partial charge in [0.2, 0.25) is 0 Å². The lowest BCUT2D eigenvalue weighted by Crippen LogP contribution is -2.13. The standard InChI is InChI=1S/C20H15F3N6/c21-20(22,23)5-6-28-17-10-25-18(7-14(17)9-26-28)29-11-13-1-2-15(8-16(13)27-29)19(12-24)3-4-19/h1-2,7-11H,3-6H2. The highest BCUT2D eigenvalue weighted by Gasteiger charge is 2.45. The highest BCUT2D eigenvalue weighted by atomic mass is 19.4. The van der Waals surface area contributed by atoms with Gasteiger partial charge in [0.15, 0.2) is 5.82 Å². The summed E-state index contributed by atoms with van der Waals surface area (Å²) in [5.41, 5.74) is 1.92. The maximum absolute atomic E-state index is 12.5. The van der Waals surface area contributed by atoms with Crippen LogP contribution in [0.1, 0.15) is 24.8 Å². The predicted octanol–water partition coefficient (Wildman–Crippen LogP) is 4.28. The SMILES string of the molecule is N#CC1(c2ccc3cn(-c4cc5cnn(CCC(F)(F)F)c5cn4)nc3c2)CC1. The third-order valence-electron chi connectivity index (χ3n) is 5.38. The van der Waals surface area contributed by atoms with E-state index in [9.17, 15) is 18.4 Å². The molecule has 0 amide bonds. The lowest BCUT2D eigenvalue weighted by Gasteiger charge is -2.07. The molecule has 0 saturated heterocycles. The van der Waals surface area contributed by atoms with Crippen LogP contribution in [0.2, 0.25) is 0 Å². The number of hydrogen-bond donors (Lipinski definition) is 0. The zero-order valence-electron chi connectivity index (χ0n) is 15.2. The largest absolute Gasteiger partial charge is 0.390 e. The molecule has 3 aromatic heterocycles. The van der Waals surface area contributed by atoms with E-state index in [-0.39, 0.29) is 12.0 Å². The topological polar surface area (TPSA) is 72.3 Å². The predicted molar refractivity (Wildman–Crippen MR) is 99.4 cm³/mol. The first-order valence-corrected chi connectivity index (χ1v) is 9.17. The number of aryl methyl sites for hydroxylation is 1. The van der Waals surface area contributed by atoms with Gasteiger partial charge in [0, 0.05) is 17.0 Å². The number of fused-ring (bicyclic) bond motifs is 2. The minimum Gasteiger partial charge on any atom is -0.263 e. The molecule has 29 heavy (non-hydrogen) atoms. The number of pyridine rings is 1. The minimum absolute atomic E-state index is 0.247. The van der Waals surface area contributed by atoms with Crippen LogP contribution < -0.4 is 0 Å². The molecular formula is C20H15F3N6. The normalized spacial score (nSPS) is 15.7. The van der Waals surface area contributed by atoms with E-state index in [1.54, 1.807) is 10.7 Å². The Labute approximate surface area is 163 Å². The van der Waals surface area contributed by atoms with E-state index >= 15 is 0 Å². The number of nitrogens with zero attached hydrogens (tertiary/aromatic N) is 6. The summed E-state index contributed by atoms with van der Waals surface area (Å²) in [5, 5.41) is 19.6. The monoisotopic (exact) mass is 396 g/mol. The first-order chi connectivity index (χ1) is 13.9. The second kappa shape index (κ2) is 6.04. The molecule has 146 valence electrons. The molecule has 1 fully saturated rings. The molecule has 0 N–H and O–H groups in total. The highest BCUT2D eigenvalue weighted by molar-refractivity contribution is 5.81. The van der Waals surface area contributed by atoms with Gasteiger partial charge in [-0.25, -0.2) is 9.67 Å². The Balaban J connectivity index is 1.47. The van der Waals surface area contributed by atoms with Crippen molar-refractivity contribution in [2.75, 3.05) is 0 Å². The number of halogens is 3. The van der Waals surface area contributed by atoms with E-state index in [1.807, 2.05) is 24.4 Å². The average Bonchev–Trinajstić information content (AvgIpc) is 3.21. The quantitative estimate of drug-likeness (QED) is 0.516. The number of benzene rings is 1. The number of alkyl halides is 3. The Morgan fingerprint density at radius 2 is 1.97 bits per heavy atom. The van der Waals surface area contributed by atoms with Gasteiger partial charge < -0.3 is 0 Å². The number of hydrogen-bond acceptors (Lipinski definition) is 4. The summed E-state index contributed by atoms with van der Waals surface area (Å²) in [6.45, 7) is -0.247. The Bertz CT molecular complexity index is 1270. The first kappa shape index (κ1) is 17.7. The molecule has 6 nitrogen and oxygen atoms in total. The van der Waals surface area contributed by atoms with Crippen molar-refractivity contribution in [2.24, 2.45) is 0 Å². The van der Waals surface area contributed by atoms with Crippen LogP contribution in [0.4, 0.5) is 13.2 Å². The third-order valence-corrected chi connectivity index (χ3v) is 5.38. The number of rotatable bonds is 4. The van der Waals surface area contributed by atoms with Gasteiger partial charge in [0.25, 0.3) is 0 Å². The summed E-state index contributed by atoms with van der Waals surface area (Å²) >= 11 is 0. The number of aromatic nitrogens is 5. The summed E-state index contributed by atoms with van der Waals surface area (Å²) in [7, 11) is 0. The van der Waals surface area contributed by atoms with Crippen molar-refractivity contribution < 1.29 is 13.2 Å². The summed E-state index contributed by atoms with van der Waals surface area (Å²) in [6, 6.07) is 9.98. The van der Waals surface area contributed by atoms with Gasteiger partial charge in [-0.2, -0.15) is 28.6 Å². The molecule has 0 aliphatic heterocycles. The van der Waals surface area contributed by atoms with E-state index < -0.39 is 12.6 Å². The van der Waals surface area contributed by atoms with E-state index in [1.165, 1.54) is 17.1 Å². The van der Waals surface area contributed by atoms with Crippen LogP contribution in [-0.2, 0) is 12.0 Å². The fourth-order valence-electron chi connectivity index (χ4n) is 3.52. The molecule has 1 aliphatic rings. The van der Waals surface area contributed by atoms with Crippen molar-refractivity contribution in [3.8, 4) is 11.9 Å². The van der Waals surface area contributed by atoms with Gasteiger partial charge in [-0.3, -0.25) is 4.68 Å². The molecule has 9 heteroatoms. The Morgan fingerprint density at radius 3 is 2.69 bits per heavy atom. The molecule has 0 unspecified atom stereocenters. The molecule has 0 atom stereocenters. The van der Waals surface area contributed by atoms with Crippen molar-refractivity contribution in [1.82, 2.24) is 24.5 Å². The zero-order chi connectivity index (χ0) is 20.2. The van der Waals surface area contributed by atoms with E-state index in [0.29, 0.717) is 16.7 Å². The molecule has 0 radical (unpaired) electrons. The van der Waals surface area contributed by atoms with Crippen LogP contribution in [0.3, 0.4) is 0 Å². The second-order valence-electron chi connectivity index (χ2n) is 7.38. The Hall–Kier alpha value is -3.41. The van der Waals surface area contributed by atoms with Crippen LogP contribution in [0, 0.1) is 11.3 Å². The van der Waals surface area contributed by atoms with E-state index in [0.717, 1.165) is 29.3 Å². The van der Waals surface area contributed by atoms with Crippen molar-refractivity contribution in [3.63, 3.8) is 0 Å². The lowest BCUT2D eigenvalue weighted by atomic mass is 9.97. The number of nitriles is 1. The second-order valence-corrected chi connectivity index (χ2v) is 7.38. The van der Waals surface area contributed by atoms with Gasteiger partial charge in [-0.05, 0) is 30.5 Å². The van der Waals surface area contributed by atoms with Crippen LogP contribution in [0.15, 0.2) is 42.9 Å². The molecule has 1 saturated carbocycles. The molecular weight excluding hydrogens is 381 g/mol. The van der Waals surface area contributed by atoms with Crippen LogP contribution in [0.5, 0.6) is 0 Å². The minimum atomic E-state index is -4.23. The van der Waals surface area contributed by atoms with Gasteiger partial charge in [0.05, 0.1) is 47.9 Å². The summed E-state index contributed by atoms with van der Waals surface area (Å²) in [6.07, 6.45) is 1.45. The molecule has 5 rings (SSSR count). The smallest absolute Gasteiger partial charge is 0.263 e. The molecule has 3 heterocycles. The fraction of sp³-hybridized carbons (Fsp3) is 0.300. The molecule has 0 spiro atoms. The third kappa shape index (κ3) is 3.10. The maximum atomic E-state index is 12.5. The van der Waals surface area contributed by atoms with E-state index in [2.05, 4.69) is 21.3 Å². The van der Waals surface area contributed by atoms with E-state index in [4.69, 9.17) is 0 Å². The molecule has 1 aliphatic carbocycles. The summed E-state index contributed by atoms with van der Waals surface area (Å²) in [4.78, 5) is 4.36. The molecule has 1 aromatic carbocycles. The van der Waals surface area contributed by atoms with Crippen LogP contribution in [-0.4, -0.2) is 30.7 Å². The van der Waals surface area contributed by atoms with Crippen LogP contribution >= 0.6 is 0 Å². The summed E-state index contributed by atoms with van der Waals surface area (Å²) in [5.74, 6) is 0.548. The zero-order valence-corrected chi connectivity index (χ0v) is 15.2. The average molecular weight is 396 g/mol. The van der Waals surface area contributed by atoms with Crippen molar-refractivity contribution in [1.29, 1.82) is 5.26 Å². The maximum Gasteiger partial charge on any atom is 0.390 e. The first-order valence-electron chi connectivity index (χ1n) is 9.17. The molecule has 4 aromatic rings. The van der Waals surface area contributed by atoms with Crippen molar-refractivity contribution in [2.45, 2.75) is 37.4 Å². The highest BCUT2D eigenvalue weighted by Crippen LogP contribution is 2.47. The van der Waals surface area contributed by atoms with Gasteiger partial charge in [0.1, 0.15) is 0 Å². The molecule has 0 bridgehead atoms. The Kier molecular flexibility index (Phi) is 3.68. The van der Waals surface area contributed by atoms with Gasteiger partial charge in [-0.1, -0.05) is 12.1 Å². The lowest BCUT2D eigenvalue weighted by molar-refractivity contribution is -0.137. The fourth-order valence-corrected chi connectivity index (χ4v) is 3.52. The van der Waals surface area contributed by atoms with Gasteiger partial charge in [-0.15, -0.1) is 0 Å². The Morgan fingerprint density at radius 1 is 1.14 bits per heavy atom. The van der Waals surface area contributed by atoms with Gasteiger partial charge >= 0.3 is 6.18 Å². The van der Waals surface area contributed by atoms with Crippen molar-refractivity contribution in [3.05, 3.63) is 48.4 Å². The van der Waals surface area contributed by atoms with Crippen molar-refractivity contribution >= 4 is 21.8 Å². The summed E-state index contributed by atoms with van der Waals surface area (Å²) < 4.78 is 40.4.